The van der Waals surface area contributed by atoms with Crippen LogP contribution in [0.2, 0.25) is 0 Å². The van der Waals surface area contributed by atoms with Gasteiger partial charge in [-0.1, -0.05) is 6.92 Å². The highest BCUT2D eigenvalue weighted by Gasteiger charge is 2.18. The van der Waals surface area contributed by atoms with E-state index in [1.165, 1.54) is 0 Å². The van der Waals surface area contributed by atoms with E-state index < -0.39 is 0 Å². The Hall–Kier alpha value is -0.120. The highest BCUT2D eigenvalue weighted by Crippen LogP contribution is 2.07. The monoisotopic (exact) mass is 186 g/mol. The third-order valence-electron chi connectivity index (χ3n) is 2.71. The zero-order valence-corrected chi connectivity index (χ0v) is 8.83. The molecule has 3 heteroatoms. The van der Waals surface area contributed by atoms with Gasteiger partial charge in [0.2, 0.25) is 0 Å². The minimum Gasteiger partial charge on any atom is -0.380 e. The Morgan fingerprint density at radius 1 is 1.62 bits per heavy atom. The van der Waals surface area contributed by atoms with Crippen LogP contribution in [0.5, 0.6) is 0 Å². The Kier molecular flexibility index (Phi) is 4.70. The highest BCUT2D eigenvalue weighted by molar-refractivity contribution is 4.74. The van der Waals surface area contributed by atoms with E-state index in [-0.39, 0.29) is 0 Å². The van der Waals surface area contributed by atoms with E-state index in [1.807, 2.05) is 0 Å². The van der Waals surface area contributed by atoms with Gasteiger partial charge in [-0.3, -0.25) is 4.90 Å². The van der Waals surface area contributed by atoms with Crippen LogP contribution in [0.25, 0.3) is 0 Å². The van der Waals surface area contributed by atoms with Crippen molar-refractivity contribution in [1.82, 2.24) is 4.90 Å². The van der Waals surface area contributed by atoms with Crippen molar-refractivity contribution in [2.24, 2.45) is 5.73 Å². The average molecular weight is 186 g/mol. The van der Waals surface area contributed by atoms with Gasteiger partial charge in [-0.05, 0) is 19.8 Å². The van der Waals surface area contributed by atoms with Gasteiger partial charge in [0.05, 0.1) is 6.61 Å². The third kappa shape index (κ3) is 3.63. The molecule has 1 rings (SSSR count). The molecule has 0 amide bonds. The number of ether oxygens (including phenoxy) is 1. The van der Waals surface area contributed by atoms with Crippen LogP contribution in [0.3, 0.4) is 0 Å². The van der Waals surface area contributed by atoms with Crippen molar-refractivity contribution in [3.8, 4) is 0 Å². The van der Waals surface area contributed by atoms with Gasteiger partial charge in [0.25, 0.3) is 0 Å². The SMILES string of the molecule is CCC(N)CN1CCCOCC1C. The lowest BCUT2D eigenvalue weighted by Crippen LogP contribution is -2.43. The molecule has 0 aromatic rings. The molecule has 0 bridgehead atoms. The minimum absolute atomic E-state index is 0.320. The lowest BCUT2D eigenvalue weighted by atomic mass is 10.2. The number of nitrogens with two attached hydrogens (primary N) is 1. The first-order valence-corrected chi connectivity index (χ1v) is 5.31. The number of rotatable bonds is 3. The molecule has 0 spiro atoms. The van der Waals surface area contributed by atoms with E-state index in [4.69, 9.17) is 10.5 Å². The Balaban J connectivity index is 2.35. The van der Waals surface area contributed by atoms with Crippen LogP contribution in [0.4, 0.5) is 0 Å². The lowest BCUT2D eigenvalue weighted by molar-refractivity contribution is 0.105. The van der Waals surface area contributed by atoms with E-state index in [0.29, 0.717) is 12.1 Å². The second-order valence-electron chi connectivity index (χ2n) is 3.94. The first-order chi connectivity index (χ1) is 6.24. The van der Waals surface area contributed by atoms with Crippen molar-refractivity contribution in [1.29, 1.82) is 0 Å². The van der Waals surface area contributed by atoms with Crippen molar-refractivity contribution in [3.05, 3.63) is 0 Å². The fraction of sp³-hybridized carbons (Fsp3) is 1.00. The molecule has 1 fully saturated rings. The van der Waals surface area contributed by atoms with Gasteiger partial charge < -0.3 is 10.5 Å². The molecule has 2 unspecified atom stereocenters. The average Bonchev–Trinajstić information content (AvgIpc) is 2.32. The second kappa shape index (κ2) is 5.58. The quantitative estimate of drug-likeness (QED) is 0.709. The first kappa shape index (κ1) is 11.0. The summed E-state index contributed by atoms with van der Waals surface area (Å²) in [5.74, 6) is 0. The maximum absolute atomic E-state index is 5.93. The van der Waals surface area contributed by atoms with Gasteiger partial charge in [0, 0.05) is 31.8 Å². The maximum Gasteiger partial charge on any atom is 0.0619 e. The molecule has 0 aromatic heterocycles. The molecule has 0 aliphatic carbocycles. The number of nitrogens with zero attached hydrogens (tertiary/aromatic N) is 1. The van der Waals surface area contributed by atoms with Crippen LogP contribution >= 0.6 is 0 Å². The van der Waals surface area contributed by atoms with Gasteiger partial charge in [-0.2, -0.15) is 0 Å². The van der Waals surface area contributed by atoms with Crippen molar-refractivity contribution >= 4 is 0 Å². The number of hydrogen-bond donors (Lipinski definition) is 1. The summed E-state index contributed by atoms with van der Waals surface area (Å²) in [5.41, 5.74) is 5.93. The summed E-state index contributed by atoms with van der Waals surface area (Å²) >= 11 is 0. The van der Waals surface area contributed by atoms with Crippen molar-refractivity contribution in [3.63, 3.8) is 0 Å². The van der Waals surface area contributed by atoms with E-state index in [2.05, 4.69) is 18.7 Å². The smallest absolute Gasteiger partial charge is 0.0619 e. The zero-order valence-electron chi connectivity index (χ0n) is 8.83. The largest absolute Gasteiger partial charge is 0.380 e. The molecule has 13 heavy (non-hydrogen) atoms. The lowest BCUT2D eigenvalue weighted by Gasteiger charge is -2.28. The van der Waals surface area contributed by atoms with Crippen molar-refractivity contribution in [2.45, 2.75) is 38.8 Å². The van der Waals surface area contributed by atoms with Gasteiger partial charge in [-0.15, -0.1) is 0 Å². The van der Waals surface area contributed by atoms with Crippen LogP contribution in [0.1, 0.15) is 26.7 Å². The van der Waals surface area contributed by atoms with Crippen LogP contribution < -0.4 is 5.73 Å². The fourth-order valence-electron chi connectivity index (χ4n) is 1.65. The molecule has 1 aliphatic heterocycles. The fourth-order valence-corrected chi connectivity index (χ4v) is 1.65. The van der Waals surface area contributed by atoms with Crippen molar-refractivity contribution in [2.75, 3.05) is 26.3 Å². The summed E-state index contributed by atoms with van der Waals surface area (Å²) < 4.78 is 5.47. The Labute approximate surface area is 81.2 Å². The topological polar surface area (TPSA) is 38.5 Å². The molecule has 1 aliphatic rings. The summed E-state index contributed by atoms with van der Waals surface area (Å²) in [7, 11) is 0. The van der Waals surface area contributed by atoms with Crippen LogP contribution in [0.15, 0.2) is 0 Å². The molecule has 0 saturated carbocycles. The predicted octanol–water partition coefficient (Wildman–Crippen LogP) is 0.834. The first-order valence-electron chi connectivity index (χ1n) is 5.31. The van der Waals surface area contributed by atoms with Crippen LogP contribution in [0, 0.1) is 0 Å². The molecule has 78 valence electrons. The Morgan fingerprint density at radius 3 is 3.08 bits per heavy atom. The Bertz CT molecular complexity index is 141. The summed E-state index contributed by atoms with van der Waals surface area (Å²) in [6.07, 6.45) is 2.20. The Morgan fingerprint density at radius 2 is 2.38 bits per heavy atom. The van der Waals surface area contributed by atoms with Crippen LogP contribution in [-0.2, 0) is 4.74 Å². The molecular formula is C10H22N2O. The van der Waals surface area contributed by atoms with E-state index in [0.717, 1.165) is 39.1 Å². The summed E-state index contributed by atoms with van der Waals surface area (Å²) in [6, 6.07) is 0.848. The van der Waals surface area contributed by atoms with Gasteiger partial charge in [0.1, 0.15) is 0 Å². The maximum atomic E-state index is 5.93. The predicted molar refractivity (Wildman–Crippen MR) is 54.7 cm³/mol. The van der Waals surface area contributed by atoms with E-state index >= 15 is 0 Å². The molecule has 2 atom stereocenters. The summed E-state index contributed by atoms with van der Waals surface area (Å²) in [4.78, 5) is 2.45. The standard InChI is InChI=1S/C10H22N2O/c1-3-10(11)7-12-5-4-6-13-8-9(12)2/h9-10H,3-8,11H2,1-2H3. The summed E-state index contributed by atoms with van der Waals surface area (Å²) in [5, 5.41) is 0. The number of hydrogen-bond acceptors (Lipinski definition) is 3. The van der Waals surface area contributed by atoms with Crippen LogP contribution in [-0.4, -0.2) is 43.3 Å². The summed E-state index contributed by atoms with van der Waals surface area (Å²) in [6.45, 7) is 8.27. The molecule has 3 nitrogen and oxygen atoms in total. The zero-order chi connectivity index (χ0) is 9.68. The highest BCUT2D eigenvalue weighted by atomic mass is 16.5. The second-order valence-corrected chi connectivity index (χ2v) is 3.94. The molecule has 0 aromatic carbocycles. The van der Waals surface area contributed by atoms with Crippen molar-refractivity contribution < 1.29 is 4.74 Å². The van der Waals surface area contributed by atoms with E-state index in [9.17, 15) is 0 Å². The van der Waals surface area contributed by atoms with Gasteiger partial charge in [-0.25, -0.2) is 0 Å². The van der Waals surface area contributed by atoms with E-state index in [1.54, 1.807) is 0 Å². The normalized spacial score (nSPS) is 28.4. The molecule has 0 radical (unpaired) electrons. The molecule has 2 N–H and O–H groups in total. The van der Waals surface area contributed by atoms with Gasteiger partial charge in [0.15, 0.2) is 0 Å². The third-order valence-corrected chi connectivity index (χ3v) is 2.71. The molecule has 1 heterocycles. The van der Waals surface area contributed by atoms with Gasteiger partial charge >= 0.3 is 0 Å². The molecular weight excluding hydrogens is 164 g/mol. The molecule has 1 saturated heterocycles. The minimum atomic E-state index is 0.320.